The lowest BCUT2D eigenvalue weighted by atomic mass is 9.71. The molecular formula is C25H36N2O6. The average molecular weight is 461 g/mol. The van der Waals surface area contributed by atoms with Crippen LogP contribution in [0.15, 0.2) is 30.5 Å². The fourth-order valence-electron chi connectivity index (χ4n) is 4.14. The highest BCUT2D eigenvalue weighted by Gasteiger charge is 2.33. The summed E-state index contributed by atoms with van der Waals surface area (Å²) in [4.78, 5) is 24.0. The number of carboxylic acids is 1. The predicted molar refractivity (Wildman–Crippen MR) is 126 cm³/mol. The maximum Gasteiger partial charge on any atom is 0.325 e. The summed E-state index contributed by atoms with van der Waals surface area (Å²) in [5.41, 5.74) is 3.07. The quantitative estimate of drug-likeness (QED) is 0.387. The average Bonchev–Trinajstić information content (AvgIpc) is 3.24. The van der Waals surface area contributed by atoms with Gasteiger partial charge < -0.3 is 29.9 Å². The number of aryl methyl sites for hydroxylation is 2. The van der Waals surface area contributed by atoms with E-state index in [1.165, 1.54) is 6.92 Å². The fraction of sp³-hybridized carbons (Fsp3) is 0.520. The zero-order chi connectivity index (χ0) is 24.8. The Balaban J connectivity index is 2.44. The summed E-state index contributed by atoms with van der Waals surface area (Å²) < 4.78 is 7.49. The van der Waals surface area contributed by atoms with E-state index in [9.17, 15) is 14.7 Å². The summed E-state index contributed by atoms with van der Waals surface area (Å²) in [5.74, 6) is -0.860. The highest BCUT2D eigenvalue weighted by molar-refractivity contribution is 5.95. The van der Waals surface area contributed by atoms with Gasteiger partial charge in [-0.3, -0.25) is 9.59 Å². The molecule has 0 radical (unpaired) electrons. The first kappa shape index (κ1) is 26.4. The number of aliphatic carboxylic acids is 1. The highest BCUT2D eigenvalue weighted by atomic mass is 16.5. The summed E-state index contributed by atoms with van der Waals surface area (Å²) in [6.07, 6.45) is 2.64. The number of ether oxygens (including phenoxy) is 1. The van der Waals surface area contributed by atoms with E-state index >= 15 is 0 Å². The number of nitrogens with zero attached hydrogens (tertiary/aromatic N) is 1. The van der Waals surface area contributed by atoms with Gasteiger partial charge in [0.05, 0.1) is 6.61 Å². The molecule has 0 aliphatic rings. The van der Waals surface area contributed by atoms with Crippen molar-refractivity contribution in [3.05, 3.63) is 52.8 Å². The third-order valence-corrected chi connectivity index (χ3v) is 6.32. The van der Waals surface area contributed by atoms with Crippen LogP contribution in [-0.4, -0.2) is 57.1 Å². The zero-order valence-corrected chi connectivity index (χ0v) is 20.1. The summed E-state index contributed by atoms with van der Waals surface area (Å²) in [7, 11) is 0. The van der Waals surface area contributed by atoms with Crippen LogP contribution in [0.4, 0.5) is 0 Å². The predicted octanol–water partition coefficient (Wildman–Crippen LogP) is 2.86. The molecule has 1 aromatic carbocycles. The van der Waals surface area contributed by atoms with Crippen LogP contribution in [0.3, 0.4) is 0 Å². The Labute approximate surface area is 195 Å². The number of hydrogen-bond acceptors (Lipinski definition) is 5. The SMILES string of the molecule is CCn1cc(C(CC)(CC)c2ccc(OCC(O)CO)c(C)c2)cc1C(=O)NC(C)C(=O)O. The molecule has 1 amide bonds. The number of aliphatic hydroxyl groups is 2. The molecule has 2 rings (SSSR count). The van der Waals surface area contributed by atoms with Crippen molar-refractivity contribution in [1.29, 1.82) is 0 Å². The number of hydrogen-bond donors (Lipinski definition) is 4. The molecule has 4 N–H and O–H groups in total. The molecule has 33 heavy (non-hydrogen) atoms. The molecule has 0 fully saturated rings. The van der Waals surface area contributed by atoms with Crippen LogP contribution in [0.5, 0.6) is 5.75 Å². The molecule has 8 heteroatoms. The van der Waals surface area contributed by atoms with Crippen LogP contribution in [0.25, 0.3) is 0 Å². The lowest BCUT2D eigenvalue weighted by molar-refractivity contribution is -0.138. The van der Waals surface area contributed by atoms with Crippen LogP contribution in [0.2, 0.25) is 0 Å². The van der Waals surface area contributed by atoms with E-state index in [2.05, 4.69) is 25.2 Å². The Morgan fingerprint density at radius 2 is 1.82 bits per heavy atom. The van der Waals surface area contributed by atoms with Gasteiger partial charge in [0.2, 0.25) is 0 Å². The van der Waals surface area contributed by atoms with Crippen LogP contribution in [-0.2, 0) is 16.8 Å². The normalized spacial score (nSPS) is 13.4. The smallest absolute Gasteiger partial charge is 0.325 e. The molecule has 0 aliphatic carbocycles. The van der Waals surface area contributed by atoms with Gasteiger partial charge in [0, 0.05) is 18.2 Å². The van der Waals surface area contributed by atoms with E-state index in [4.69, 9.17) is 14.9 Å². The van der Waals surface area contributed by atoms with Crippen LogP contribution < -0.4 is 10.1 Å². The second-order valence-corrected chi connectivity index (χ2v) is 8.35. The molecule has 0 saturated carbocycles. The summed E-state index contributed by atoms with van der Waals surface area (Å²) >= 11 is 0. The second kappa shape index (κ2) is 11.3. The Morgan fingerprint density at radius 3 is 2.33 bits per heavy atom. The van der Waals surface area contributed by atoms with Gasteiger partial charge in [0.15, 0.2) is 0 Å². The number of aliphatic hydroxyl groups excluding tert-OH is 2. The monoisotopic (exact) mass is 460 g/mol. The number of amides is 1. The number of carboxylic acid groups (broad SMARTS) is 1. The third-order valence-electron chi connectivity index (χ3n) is 6.32. The van der Waals surface area contributed by atoms with Gasteiger partial charge in [0.25, 0.3) is 5.91 Å². The van der Waals surface area contributed by atoms with Crippen molar-refractivity contribution in [3.63, 3.8) is 0 Å². The van der Waals surface area contributed by atoms with Gasteiger partial charge >= 0.3 is 5.97 Å². The first-order valence-corrected chi connectivity index (χ1v) is 11.4. The van der Waals surface area contributed by atoms with Crippen LogP contribution in [0, 0.1) is 6.92 Å². The van der Waals surface area contributed by atoms with Crippen molar-refractivity contribution in [1.82, 2.24) is 9.88 Å². The number of carbonyl (C=O) groups excluding carboxylic acids is 1. The minimum Gasteiger partial charge on any atom is -0.491 e. The van der Waals surface area contributed by atoms with Gasteiger partial charge in [0.1, 0.15) is 30.2 Å². The van der Waals surface area contributed by atoms with Crippen molar-refractivity contribution in [2.45, 2.75) is 71.6 Å². The molecule has 8 nitrogen and oxygen atoms in total. The molecule has 2 unspecified atom stereocenters. The fourth-order valence-corrected chi connectivity index (χ4v) is 4.14. The number of benzene rings is 1. The Hall–Kier alpha value is -2.84. The van der Waals surface area contributed by atoms with Crippen molar-refractivity contribution in [2.24, 2.45) is 0 Å². The Morgan fingerprint density at radius 1 is 1.15 bits per heavy atom. The van der Waals surface area contributed by atoms with Crippen LogP contribution in [0.1, 0.15) is 67.7 Å². The topological polar surface area (TPSA) is 121 Å². The largest absolute Gasteiger partial charge is 0.491 e. The van der Waals surface area contributed by atoms with E-state index in [0.717, 1.165) is 29.5 Å². The number of nitrogens with one attached hydrogen (secondary N) is 1. The molecule has 1 heterocycles. The minimum atomic E-state index is -1.08. The van der Waals surface area contributed by atoms with E-state index < -0.39 is 24.0 Å². The Kier molecular flexibility index (Phi) is 9.07. The molecule has 2 atom stereocenters. The van der Waals surface area contributed by atoms with Crippen molar-refractivity contribution in [2.75, 3.05) is 13.2 Å². The van der Waals surface area contributed by atoms with E-state index in [0.29, 0.717) is 18.0 Å². The second-order valence-electron chi connectivity index (χ2n) is 8.35. The van der Waals surface area contributed by atoms with E-state index in [1.54, 1.807) is 0 Å². The molecule has 182 valence electrons. The molecule has 0 spiro atoms. The van der Waals surface area contributed by atoms with Gasteiger partial charge in [-0.15, -0.1) is 0 Å². The number of rotatable bonds is 12. The number of aromatic nitrogens is 1. The van der Waals surface area contributed by atoms with Crippen LogP contribution >= 0.6 is 0 Å². The maximum atomic E-state index is 12.8. The third kappa shape index (κ3) is 5.75. The van der Waals surface area contributed by atoms with Gasteiger partial charge in [-0.1, -0.05) is 26.0 Å². The number of carbonyl (C=O) groups is 2. The molecule has 1 aromatic heterocycles. The molecule has 0 aliphatic heterocycles. The molecule has 2 aromatic rings. The molecule has 0 bridgehead atoms. The standard InChI is InChI=1S/C25H36N2O6/c1-6-25(7-2,18-9-10-22(16(4)11-18)33-15-20(29)14-28)19-12-21(27(8-3)13-19)23(30)26-17(5)24(31)32/h9-13,17,20,28-29H,6-8,14-15H2,1-5H3,(H,26,30)(H,31,32). The van der Waals surface area contributed by atoms with Gasteiger partial charge in [-0.25, -0.2) is 0 Å². The Bertz CT molecular complexity index is 964. The zero-order valence-electron chi connectivity index (χ0n) is 20.1. The van der Waals surface area contributed by atoms with E-state index in [-0.39, 0.29) is 18.6 Å². The van der Waals surface area contributed by atoms with Crippen molar-refractivity contribution < 1.29 is 29.6 Å². The van der Waals surface area contributed by atoms with Crippen molar-refractivity contribution >= 4 is 11.9 Å². The lowest BCUT2D eigenvalue weighted by Gasteiger charge is -2.32. The highest BCUT2D eigenvalue weighted by Crippen LogP contribution is 2.41. The maximum absolute atomic E-state index is 12.8. The van der Waals surface area contributed by atoms with E-state index in [1.807, 2.05) is 42.8 Å². The summed E-state index contributed by atoms with van der Waals surface area (Å²) in [6, 6.07) is 6.80. The van der Waals surface area contributed by atoms with Gasteiger partial charge in [-0.2, -0.15) is 0 Å². The summed E-state index contributed by atoms with van der Waals surface area (Å²) in [6.45, 7) is 9.76. The van der Waals surface area contributed by atoms with Crippen molar-refractivity contribution in [3.8, 4) is 5.75 Å². The molecular weight excluding hydrogens is 424 g/mol. The summed E-state index contributed by atoms with van der Waals surface area (Å²) in [5, 5.41) is 30.2. The first-order valence-electron chi connectivity index (χ1n) is 11.4. The minimum absolute atomic E-state index is 0.00989. The lowest BCUT2D eigenvalue weighted by Crippen LogP contribution is -2.39. The molecule has 0 saturated heterocycles. The van der Waals surface area contributed by atoms with Gasteiger partial charge in [-0.05, 0) is 62.4 Å². The first-order chi connectivity index (χ1) is 15.6.